The zero-order chi connectivity index (χ0) is 13.0. The number of Topliss-reactive ketones (excluding diaryl/α,β-unsaturated/α-hetero) is 1. The average molecular weight is 242 g/mol. The Bertz CT molecular complexity index is 603. The Morgan fingerprint density at radius 2 is 1.89 bits per heavy atom. The molecule has 2 aromatic rings. The molecule has 0 saturated heterocycles. The van der Waals surface area contributed by atoms with Crippen molar-refractivity contribution in [1.29, 1.82) is 0 Å². The van der Waals surface area contributed by atoms with Crippen LogP contribution in [-0.2, 0) is 17.8 Å². The van der Waals surface area contributed by atoms with Crippen molar-refractivity contribution >= 4 is 5.78 Å². The molecular weight excluding hydrogens is 228 g/mol. The van der Waals surface area contributed by atoms with E-state index in [2.05, 4.69) is 5.10 Å². The molecule has 0 bridgehead atoms. The van der Waals surface area contributed by atoms with E-state index in [-0.39, 0.29) is 17.9 Å². The van der Waals surface area contributed by atoms with Crippen LogP contribution >= 0.6 is 0 Å². The van der Waals surface area contributed by atoms with Gasteiger partial charge in [-0.3, -0.25) is 9.59 Å². The SMILES string of the molecule is Cc1ccc(=O)n(CC(=O)Cc2ccccc2)n1. The molecule has 1 aromatic carbocycles. The molecule has 0 aliphatic rings. The predicted molar refractivity (Wildman–Crippen MR) is 68.4 cm³/mol. The summed E-state index contributed by atoms with van der Waals surface area (Å²) in [4.78, 5) is 23.4. The number of nitrogens with zero attached hydrogens (tertiary/aromatic N) is 2. The summed E-state index contributed by atoms with van der Waals surface area (Å²) in [6, 6.07) is 12.5. The van der Waals surface area contributed by atoms with E-state index in [1.807, 2.05) is 30.3 Å². The molecule has 18 heavy (non-hydrogen) atoms. The number of rotatable bonds is 4. The van der Waals surface area contributed by atoms with E-state index < -0.39 is 0 Å². The van der Waals surface area contributed by atoms with Crippen LogP contribution in [0.5, 0.6) is 0 Å². The Kier molecular flexibility index (Phi) is 3.67. The fourth-order valence-electron chi connectivity index (χ4n) is 1.71. The molecule has 0 atom stereocenters. The van der Waals surface area contributed by atoms with Gasteiger partial charge in [-0.05, 0) is 18.6 Å². The maximum Gasteiger partial charge on any atom is 0.267 e. The van der Waals surface area contributed by atoms with Gasteiger partial charge in [-0.1, -0.05) is 30.3 Å². The van der Waals surface area contributed by atoms with Gasteiger partial charge in [-0.25, -0.2) is 4.68 Å². The van der Waals surface area contributed by atoms with E-state index in [0.717, 1.165) is 11.3 Å². The van der Waals surface area contributed by atoms with E-state index in [0.29, 0.717) is 6.42 Å². The van der Waals surface area contributed by atoms with Gasteiger partial charge in [-0.2, -0.15) is 5.10 Å². The summed E-state index contributed by atoms with van der Waals surface area (Å²) in [5.41, 5.74) is 1.42. The second-order valence-electron chi connectivity index (χ2n) is 4.17. The molecule has 0 radical (unpaired) electrons. The third-order valence-corrected chi connectivity index (χ3v) is 2.57. The summed E-state index contributed by atoms with van der Waals surface area (Å²) in [6.07, 6.45) is 0.322. The Balaban J connectivity index is 2.08. The highest BCUT2D eigenvalue weighted by atomic mass is 16.1. The summed E-state index contributed by atoms with van der Waals surface area (Å²) in [5, 5.41) is 4.04. The van der Waals surface area contributed by atoms with Gasteiger partial charge < -0.3 is 0 Å². The highest BCUT2D eigenvalue weighted by Crippen LogP contribution is 2.00. The lowest BCUT2D eigenvalue weighted by atomic mass is 10.1. The standard InChI is InChI=1S/C14H14N2O2/c1-11-7-8-14(18)16(15-11)10-13(17)9-12-5-3-2-4-6-12/h2-8H,9-10H2,1H3. The van der Waals surface area contributed by atoms with Crippen molar-refractivity contribution in [3.8, 4) is 0 Å². The number of carbonyl (C=O) groups is 1. The minimum absolute atomic E-state index is 0.0232. The highest BCUT2D eigenvalue weighted by molar-refractivity contribution is 5.80. The van der Waals surface area contributed by atoms with Crippen LogP contribution in [-0.4, -0.2) is 15.6 Å². The van der Waals surface area contributed by atoms with Crippen LogP contribution in [0.1, 0.15) is 11.3 Å². The lowest BCUT2D eigenvalue weighted by Gasteiger charge is -2.04. The topological polar surface area (TPSA) is 52.0 Å². The number of aryl methyl sites for hydroxylation is 1. The fraction of sp³-hybridized carbons (Fsp3) is 0.214. The first-order valence-electron chi connectivity index (χ1n) is 5.75. The van der Waals surface area contributed by atoms with E-state index in [4.69, 9.17) is 0 Å². The van der Waals surface area contributed by atoms with Crippen LogP contribution in [0.25, 0.3) is 0 Å². The van der Waals surface area contributed by atoms with Gasteiger partial charge in [-0.15, -0.1) is 0 Å². The van der Waals surface area contributed by atoms with Gasteiger partial charge in [0, 0.05) is 12.5 Å². The van der Waals surface area contributed by atoms with Crippen molar-refractivity contribution in [2.24, 2.45) is 0 Å². The summed E-state index contributed by atoms with van der Waals surface area (Å²) in [6.45, 7) is 1.81. The lowest BCUT2D eigenvalue weighted by Crippen LogP contribution is -2.27. The molecule has 4 heteroatoms. The minimum atomic E-state index is -0.248. The van der Waals surface area contributed by atoms with E-state index in [1.54, 1.807) is 13.0 Å². The van der Waals surface area contributed by atoms with Gasteiger partial charge in [0.1, 0.15) is 6.54 Å². The van der Waals surface area contributed by atoms with Crippen LogP contribution in [0.15, 0.2) is 47.3 Å². The molecule has 4 nitrogen and oxygen atoms in total. The summed E-state index contributed by atoms with van der Waals surface area (Å²) < 4.78 is 1.21. The first-order chi connectivity index (χ1) is 8.65. The Morgan fingerprint density at radius 3 is 2.61 bits per heavy atom. The number of carbonyl (C=O) groups excluding carboxylic acids is 1. The molecule has 0 aliphatic carbocycles. The van der Waals surface area contributed by atoms with Crippen LogP contribution in [0.2, 0.25) is 0 Å². The third-order valence-electron chi connectivity index (χ3n) is 2.57. The second-order valence-corrected chi connectivity index (χ2v) is 4.17. The molecule has 1 aromatic heterocycles. The molecule has 1 heterocycles. The van der Waals surface area contributed by atoms with Gasteiger partial charge in [0.2, 0.25) is 0 Å². The molecule has 2 rings (SSSR count). The first kappa shape index (κ1) is 12.2. The normalized spacial score (nSPS) is 10.3. The third kappa shape index (κ3) is 3.13. The maximum atomic E-state index is 11.8. The van der Waals surface area contributed by atoms with Crippen molar-refractivity contribution in [3.63, 3.8) is 0 Å². The molecule has 0 unspecified atom stereocenters. The van der Waals surface area contributed by atoms with Gasteiger partial charge in [0.25, 0.3) is 5.56 Å². The lowest BCUT2D eigenvalue weighted by molar-refractivity contribution is -0.119. The van der Waals surface area contributed by atoms with Gasteiger partial charge in [0.05, 0.1) is 5.69 Å². The summed E-state index contributed by atoms with van der Waals surface area (Å²) in [7, 11) is 0. The van der Waals surface area contributed by atoms with Crippen molar-refractivity contribution in [2.75, 3.05) is 0 Å². The van der Waals surface area contributed by atoms with Crippen LogP contribution in [0, 0.1) is 6.92 Å². The average Bonchev–Trinajstić information content (AvgIpc) is 2.35. The maximum absolute atomic E-state index is 11.8. The smallest absolute Gasteiger partial charge is 0.267 e. The molecular formula is C14H14N2O2. The quantitative estimate of drug-likeness (QED) is 0.813. The number of hydrogen-bond acceptors (Lipinski definition) is 3. The molecule has 0 saturated carbocycles. The monoisotopic (exact) mass is 242 g/mol. The molecule has 0 spiro atoms. The zero-order valence-electron chi connectivity index (χ0n) is 10.2. The molecule has 0 fully saturated rings. The Labute approximate surface area is 105 Å². The van der Waals surface area contributed by atoms with Crippen molar-refractivity contribution in [2.45, 2.75) is 19.9 Å². The Hall–Kier alpha value is -2.23. The van der Waals surface area contributed by atoms with Crippen LogP contribution < -0.4 is 5.56 Å². The van der Waals surface area contributed by atoms with Crippen LogP contribution in [0.3, 0.4) is 0 Å². The van der Waals surface area contributed by atoms with E-state index in [9.17, 15) is 9.59 Å². The number of ketones is 1. The van der Waals surface area contributed by atoms with Gasteiger partial charge in [0.15, 0.2) is 5.78 Å². The largest absolute Gasteiger partial charge is 0.297 e. The number of aromatic nitrogens is 2. The molecule has 0 aliphatic heterocycles. The predicted octanol–water partition coefficient (Wildman–Crippen LogP) is 1.36. The molecule has 0 amide bonds. The van der Waals surface area contributed by atoms with Crippen molar-refractivity contribution < 1.29 is 4.79 Å². The van der Waals surface area contributed by atoms with Crippen molar-refractivity contribution in [3.05, 3.63) is 64.1 Å². The highest BCUT2D eigenvalue weighted by Gasteiger charge is 2.06. The first-order valence-corrected chi connectivity index (χ1v) is 5.75. The minimum Gasteiger partial charge on any atom is -0.297 e. The zero-order valence-corrected chi connectivity index (χ0v) is 10.2. The summed E-state index contributed by atoms with van der Waals surface area (Å²) in [5.74, 6) is -0.0265. The van der Waals surface area contributed by atoms with Crippen molar-refractivity contribution in [1.82, 2.24) is 9.78 Å². The second kappa shape index (κ2) is 5.40. The fourth-order valence-corrected chi connectivity index (χ4v) is 1.71. The van der Waals surface area contributed by atoms with E-state index in [1.165, 1.54) is 10.7 Å². The Morgan fingerprint density at radius 1 is 1.17 bits per heavy atom. The number of hydrogen-bond donors (Lipinski definition) is 0. The molecule has 92 valence electrons. The van der Waals surface area contributed by atoms with Crippen LogP contribution in [0.4, 0.5) is 0 Å². The van der Waals surface area contributed by atoms with E-state index >= 15 is 0 Å². The molecule has 0 N–H and O–H groups in total. The van der Waals surface area contributed by atoms with Gasteiger partial charge >= 0.3 is 0 Å². The number of benzene rings is 1. The summed E-state index contributed by atoms with van der Waals surface area (Å²) >= 11 is 0.